The molecule has 206 valence electrons. The van der Waals surface area contributed by atoms with Crippen molar-refractivity contribution < 1.29 is 19.1 Å². The van der Waals surface area contributed by atoms with Gasteiger partial charge in [0, 0.05) is 23.7 Å². The largest absolute Gasteiger partial charge is 0.445 e. The van der Waals surface area contributed by atoms with E-state index < -0.39 is 18.2 Å². The second-order valence-electron chi connectivity index (χ2n) is 10.7. The van der Waals surface area contributed by atoms with Gasteiger partial charge in [-0.05, 0) is 41.9 Å². The van der Waals surface area contributed by atoms with Gasteiger partial charge >= 0.3 is 6.09 Å². The van der Waals surface area contributed by atoms with Crippen molar-refractivity contribution in [3.63, 3.8) is 0 Å². The molecule has 0 aliphatic carbocycles. The van der Waals surface area contributed by atoms with E-state index in [9.17, 15) is 14.4 Å². The molecular formula is C30H41N3O4S. The van der Waals surface area contributed by atoms with Crippen LogP contribution in [0.5, 0.6) is 0 Å². The molecule has 8 heteroatoms. The van der Waals surface area contributed by atoms with Crippen LogP contribution < -0.4 is 10.6 Å². The highest BCUT2D eigenvalue weighted by atomic mass is 32.2. The summed E-state index contributed by atoms with van der Waals surface area (Å²) >= 11 is 1.81. The fraction of sp³-hybridized carbons (Fsp3) is 0.500. The van der Waals surface area contributed by atoms with Gasteiger partial charge in [-0.15, -0.1) is 11.8 Å². The minimum Gasteiger partial charge on any atom is -0.445 e. The third kappa shape index (κ3) is 9.80. The third-order valence-electron chi connectivity index (χ3n) is 6.35. The fourth-order valence-electron chi connectivity index (χ4n) is 4.47. The summed E-state index contributed by atoms with van der Waals surface area (Å²) in [6.07, 6.45) is 0.327. The highest BCUT2D eigenvalue weighted by Crippen LogP contribution is 2.27. The van der Waals surface area contributed by atoms with Gasteiger partial charge in [0.2, 0.25) is 5.91 Å². The van der Waals surface area contributed by atoms with Crippen molar-refractivity contribution in [1.29, 1.82) is 0 Å². The first-order valence-corrected chi connectivity index (χ1v) is 14.4. The second kappa shape index (κ2) is 14.9. The van der Waals surface area contributed by atoms with Crippen LogP contribution in [0.15, 0.2) is 59.5 Å². The average Bonchev–Trinajstić information content (AvgIpc) is 3.08. The highest BCUT2D eigenvalue weighted by Gasteiger charge is 2.29. The van der Waals surface area contributed by atoms with E-state index in [4.69, 9.17) is 4.74 Å². The van der Waals surface area contributed by atoms with Crippen LogP contribution in [0.25, 0.3) is 0 Å². The predicted octanol–water partition coefficient (Wildman–Crippen LogP) is 5.04. The number of fused-ring (bicyclic) bond motifs is 1. The van der Waals surface area contributed by atoms with Crippen LogP contribution in [-0.4, -0.2) is 53.6 Å². The molecule has 3 rings (SSSR count). The van der Waals surface area contributed by atoms with E-state index >= 15 is 0 Å². The summed E-state index contributed by atoms with van der Waals surface area (Å²) in [5.74, 6) is 0.931. The number of Topliss-reactive ketones (excluding diaryl/α,β-unsaturated/α-hetero) is 1. The molecule has 7 nitrogen and oxygen atoms in total. The maximum atomic E-state index is 13.5. The van der Waals surface area contributed by atoms with Gasteiger partial charge in [-0.1, -0.05) is 76.2 Å². The van der Waals surface area contributed by atoms with Gasteiger partial charge in [-0.25, -0.2) is 4.79 Å². The van der Waals surface area contributed by atoms with Crippen molar-refractivity contribution in [2.24, 2.45) is 11.8 Å². The first-order valence-electron chi connectivity index (χ1n) is 13.4. The maximum Gasteiger partial charge on any atom is 0.408 e. The Morgan fingerprint density at radius 1 is 0.895 bits per heavy atom. The molecule has 38 heavy (non-hydrogen) atoms. The molecule has 1 heterocycles. The minimum absolute atomic E-state index is 0.00798. The van der Waals surface area contributed by atoms with Gasteiger partial charge in [0.05, 0.1) is 12.6 Å². The Morgan fingerprint density at radius 3 is 2.26 bits per heavy atom. The number of carbonyl (C=O) groups is 3. The van der Waals surface area contributed by atoms with E-state index in [1.54, 1.807) is 0 Å². The molecule has 2 aromatic rings. The minimum atomic E-state index is -0.790. The smallest absolute Gasteiger partial charge is 0.408 e. The van der Waals surface area contributed by atoms with Crippen LogP contribution in [0.2, 0.25) is 0 Å². The quantitative estimate of drug-likeness (QED) is 0.393. The van der Waals surface area contributed by atoms with Crippen molar-refractivity contribution >= 4 is 29.5 Å². The highest BCUT2D eigenvalue weighted by molar-refractivity contribution is 7.99. The van der Waals surface area contributed by atoms with Crippen LogP contribution in [0.1, 0.15) is 51.7 Å². The molecule has 0 radical (unpaired) electrons. The number of nitrogens with zero attached hydrogens (tertiary/aromatic N) is 1. The zero-order valence-corrected chi connectivity index (χ0v) is 23.8. The van der Waals surface area contributed by atoms with Gasteiger partial charge in [0.25, 0.3) is 0 Å². The number of alkyl carbamates (subject to hydrolysis) is 1. The lowest BCUT2D eigenvalue weighted by Gasteiger charge is -2.27. The maximum absolute atomic E-state index is 13.5. The Hall–Kier alpha value is -2.84. The Morgan fingerprint density at radius 2 is 1.55 bits per heavy atom. The number of rotatable bonds is 12. The van der Waals surface area contributed by atoms with E-state index in [2.05, 4.69) is 27.7 Å². The topological polar surface area (TPSA) is 87.7 Å². The number of benzene rings is 2. The lowest BCUT2D eigenvalue weighted by atomic mass is 9.98. The molecule has 0 saturated carbocycles. The first kappa shape index (κ1) is 29.7. The van der Waals surface area contributed by atoms with E-state index in [0.29, 0.717) is 19.4 Å². The van der Waals surface area contributed by atoms with Gasteiger partial charge in [0.1, 0.15) is 12.6 Å². The van der Waals surface area contributed by atoms with Gasteiger partial charge < -0.3 is 15.4 Å². The molecule has 0 unspecified atom stereocenters. The lowest BCUT2D eigenvalue weighted by molar-refractivity contribution is -0.130. The van der Waals surface area contributed by atoms with E-state index in [-0.39, 0.29) is 36.7 Å². The summed E-state index contributed by atoms with van der Waals surface area (Å²) in [6.45, 7) is 9.96. The number of nitrogens with one attached hydrogen (secondary N) is 2. The van der Waals surface area contributed by atoms with Gasteiger partial charge in [0.15, 0.2) is 5.78 Å². The predicted molar refractivity (Wildman–Crippen MR) is 152 cm³/mol. The number of hydrogen-bond acceptors (Lipinski definition) is 6. The summed E-state index contributed by atoms with van der Waals surface area (Å²) < 4.78 is 5.34. The molecule has 0 aromatic heterocycles. The molecule has 0 bridgehead atoms. The third-order valence-corrected chi connectivity index (χ3v) is 7.45. The molecule has 2 aromatic carbocycles. The van der Waals surface area contributed by atoms with Crippen molar-refractivity contribution in [2.45, 2.75) is 70.7 Å². The van der Waals surface area contributed by atoms with Crippen molar-refractivity contribution in [3.8, 4) is 0 Å². The van der Waals surface area contributed by atoms with Crippen LogP contribution in [0.3, 0.4) is 0 Å². The Balaban J connectivity index is 1.62. The van der Waals surface area contributed by atoms with E-state index in [1.165, 1.54) is 10.5 Å². The molecular weight excluding hydrogens is 498 g/mol. The normalized spacial score (nSPS) is 15.3. The summed E-state index contributed by atoms with van der Waals surface area (Å²) in [6, 6.07) is 16.3. The lowest BCUT2D eigenvalue weighted by Crippen LogP contribution is -2.53. The summed E-state index contributed by atoms with van der Waals surface area (Å²) in [5, 5.41) is 5.69. The molecule has 0 spiro atoms. The molecule has 1 aliphatic rings. The van der Waals surface area contributed by atoms with Crippen molar-refractivity contribution in [1.82, 2.24) is 15.5 Å². The Bertz CT molecular complexity index is 1060. The Labute approximate surface area is 231 Å². The van der Waals surface area contributed by atoms with Gasteiger partial charge in [-0.3, -0.25) is 14.5 Å². The zero-order chi connectivity index (χ0) is 27.5. The standard InChI is InChI=1S/C30H41N3O4S/c1-21(2)16-25(27(34)19-33-14-15-38-28-13-9-8-12-24(28)18-33)31-29(35)26(17-22(3)4)32-30(36)37-20-23-10-6-5-7-11-23/h5-13,21-22,25-26H,14-20H2,1-4H3,(H,31,35)(H,32,36)/t25-,26-/m0/s1. The number of ether oxygens (including phenoxy) is 1. The van der Waals surface area contributed by atoms with Crippen LogP contribution >= 0.6 is 11.8 Å². The first-order chi connectivity index (χ1) is 18.2. The number of amides is 2. The van der Waals surface area contributed by atoms with Crippen LogP contribution in [0.4, 0.5) is 4.79 Å². The SMILES string of the molecule is CC(C)C[C@H](NC(=O)[C@H](CC(C)C)NC(=O)OCc1ccccc1)C(=O)CN1CCSc2ccccc2C1. The number of ketones is 1. The molecule has 2 atom stereocenters. The van der Waals surface area contributed by atoms with Crippen LogP contribution in [-0.2, 0) is 27.5 Å². The summed E-state index contributed by atoms with van der Waals surface area (Å²) in [5.41, 5.74) is 2.09. The molecule has 2 amide bonds. The Kier molecular flexibility index (Phi) is 11.7. The fourth-order valence-corrected chi connectivity index (χ4v) is 5.53. The number of hydrogen-bond donors (Lipinski definition) is 2. The number of thioether (sulfide) groups is 1. The molecule has 1 aliphatic heterocycles. The van der Waals surface area contributed by atoms with Gasteiger partial charge in [-0.2, -0.15) is 0 Å². The van der Waals surface area contributed by atoms with E-state index in [0.717, 1.165) is 17.9 Å². The monoisotopic (exact) mass is 539 g/mol. The van der Waals surface area contributed by atoms with Crippen molar-refractivity contribution in [3.05, 3.63) is 65.7 Å². The van der Waals surface area contributed by atoms with Crippen LogP contribution in [0, 0.1) is 11.8 Å². The molecule has 0 fully saturated rings. The summed E-state index contributed by atoms with van der Waals surface area (Å²) in [4.78, 5) is 42.7. The molecule has 0 saturated heterocycles. The zero-order valence-electron chi connectivity index (χ0n) is 22.9. The summed E-state index contributed by atoms with van der Waals surface area (Å²) in [7, 11) is 0. The van der Waals surface area contributed by atoms with E-state index in [1.807, 2.05) is 81.9 Å². The molecule has 2 N–H and O–H groups in total. The number of carbonyl (C=O) groups excluding carboxylic acids is 3. The second-order valence-corrected chi connectivity index (χ2v) is 11.8. The average molecular weight is 540 g/mol. The van der Waals surface area contributed by atoms with Crippen molar-refractivity contribution in [2.75, 3.05) is 18.8 Å².